The van der Waals surface area contributed by atoms with Gasteiger partial charge in [0.15, 0.2) is 0 Å². The molecule has 0 spiro atoms. The van der Waals surface area contributed by atoms with E-state index < -0.39 is 5.41 Å². The van der Waals surface area contributed by atoms with E-state index in [1.807, 2.05) is 0 Å². The number of carbonyl (C=O) groups excluding carboxylic acids is 1. The molecule has 0 atom stereocenters. The van der Waals surface area contributed by atoms with Gasteiger partial charge in [-0.15, -0.1) is 0 Å². The Kier molecular flexibility index (Phi) is 4.76. The Labute approximate surface area is 116 Å². The van der Waals surface area contributed by atoms with E-state index in [9.17, 15) is 4.79 Å². The van der Waals surface area contributed by atoms with Crippen molar-refractivity contribution in [2.24, 2.45) is 17.1 Å². The van der Waals surface area contributed by atoms with Crippen LogP contribution in [-0.4, -0.2) is 16.4 Å². The molecule has 1 fully saturated rings. The van der Waals surface area contributed by atoms with Gasteiger partial charge in [-0.25, -0.2) is 0 Å². The zero-order chi connectivity index (χ0) is 14.0. The molecular formula is C14H26N2OS. The highest BCUT2D eigenvalue weighted by molar-refractivity contribution is 7.80. The smallest absolute Gasteiger partial charge is 0.233 e. The first kappa shape index (κ1) is 15.4. The van der Waals surface area contributed by atoms with Gasteiger partial charge in [0, 0.05) is 5.54 Å². The third-order valence-electron chi connectivity index (χ3n) is 4.71. The second-order valence-electron chi connectivity index (χ2n) is 5.75. The molecule has 3 nitrogen and oxygen atoms in total. The lowest BCUT2D eigenvalue weighted by atomic mass is 9.61. The fourth-order valence-electron chi connectivity index (χ4n) is 3.00. The summed E-state index contributed by atoms with van der Waals surface area (Å²) < 4.78 is 0. The minimum atomic E-state index is -0.584. The first-order valence-corrected chi connectivity index (χ1v) is 7.39. The van der Waals surface area contributed by atoms with Crippen molar-refractivity contribution in [3.05, 3.63) is 0 Å². The second kappa shape index (κ2) is 5.55. The number of hydrogen-bond donors (Lipinski definition) is 2. The third-order valence-corrected chi connectivity index (χ3v) is 5.10. The number of carbonyl (C=O) groups is 1. The number of rotatable bonds is 6. The van der Waals surface area contributed by atoms with Crippen LogP contribution in [0.25, 0.3) is 0 Å². The summed E-state index contributed by atoms with van der Waals surface area (Å²) in [5.41, 5.74) is 5.12. The Morgan fingerprint density at radius 3 is 2.06 bits per heavy atom. The minimum absolute atomic E-state index is 0.0404. The van der Waals surface area contributed by atoms with Crippen LogP contribution in [-0.2, 0) is 4.79 Å². The fraction of sp³-hybridized carbons (Fsp3) is 0.857. The van der Waals surface area contributed by atoms with Crippen LogP contribution in [0.3, 0.4) is 0 Å². The van der Waals surface area contributed by atoms with Crippen molar-refractivity contribution < 1.29 is 4.79 Å². The molecule has 4 heteroatoms. The van der Waals surface area contributed by atoms with E-state index >= 15 is 0 Å². The lowest BCUT2D eigenvalue weighted by Gasteiger charge is -2.46. The van der Waals surface area contributed by atoms with Crippen molar-refractivity contribution in [1.82, 2.24) is 5.32 Å². The van der Waals surface area contributed by atoms with E-state index in [4.69, 9.17) is 18.0 Å². The Morgan fingerprint density at radius 2 is 1.78 bits per heavy atom. The van der Waals surface area contributed by atoms with E-state index in [0.717, 1.165) is 32.1 Å². The van der Waals surface area contributed by atoms with Crippen molar-refractivity contribution >= 4 is 23.1 Å². The molecule has 0 unspecified atom stereocenters. The van der Waals surface area contributed by atoms with Gasteiger partial charge in [0.25, 0.3) is 0 Å². The molecule has 18 heavy (non-hydrogen) atoms. The zero-order valence-electron chi connectivity index (χ0n) is 12.0. The Bertz CT molecular complexity index is 322. The quantitative estimate of drug-likeness (QED) is 0.730. The van der Waals surface area contributed by atoms with Crippen LogP contribution in [0.15, 0.2) is 0 Å². The number of thiocarbonyl (C=S) groups is 1. The van der Waals surface area contributed by atoms with Crippen LogP contribution >= 0.6 is 12.2 Å². The summed E-state index contributed by atoms with van der Waals surface area (Å²) in [5.74, 6) is 0.579. The van der Waals surface area contributed by atoms with Crippen molar-refractivity contribution in [3.8, 4) is 0 Å². The van der Waals surface area contributed by atoms with Crippen molar-refractivity contribution in [2.45, 2.75) is 65.3 Å². The van der Waals surface area contributed by atoms with E-state index in [0.29, 0.717) is 10.9 Å². The maximum absolute atomic E-state index is 12.5. The summed E-state index contributed by atoms with van der Waals surface area (Å²) in [4.78, 5) is 12.9. The zero-order valence-corrected chi connectivity index (χ0v) is 12.8. The van der Waals surface area contributed by atoms with Crippen molar-refractivity contribution in [3.63, 3.8) is 0 Å². The van der Waals surface area contributed by atoms with Crippen molar-refractivity contribution in [1.29, 1.82) is 0 Å². The third kappa shape index (κ3) is 2.53. The SMILES string of the molecule is CCC(CC)(CC)NC(=O)C1(C(N)=S)CC(C)C1. The van der Waals surface area contributed by atoms with Crippen LogP contribution in [0.2, 0.25) is 0 Å². The molecule has 3 N–H and O–H groups in total. The largest absolute Gasteiger partial charge is 0.392 e. The summed E-state index contributed by atoms with van der Waals surface area (Å²) in [6.07, 6.45) is 4.40. The fourth-order valence-corrected chi connectivity index (χ4v) is 3.26. The average Bonchev–Trinajstić information content (AvgIpc) is 2.31. The molecule has 0 bridgehead atoms. The van der Waals surface area contributed by atoms with E-state index in [1.54, 1.807) is 0 Å². The summed E-state index contributed by atoms with van der Waals surface area (Å²) >= 11 is 5.12. The predicted octanol–water partition coefficient (Wildman–Crippen LogP) is 2.77. The first-order valence-electron chi connectivity index (χ1n) is 6.98. The van der Waals surface area contributed by atoms with Gasteiger partial charge in [-0.3, -0.25) is 4.79 Å². The van der Waals surface area contributed by atoms with Gasteiger partial charge in [0.2, 0.25) is 5.91 Å². The maximum atomic E-state index is 12.5. The lowest BCUT2D eigenvalue weighted by molar-refractivity contribution is -0.135. The molecular weight excluding hydrogens is 244 g/mol. The summed E-state index contributed by atoms with van der Waals surface area (Å²) in [6.45, 7) is 8.48. The molecule has 0 saturated heterocycles. The molecule has 104 valence electrons. The van der Waals surface area contributed by atoms with Gasteiger partial charge in [-0.2, -0.15) is 0 Å². The normalized spacial score (nSPS) is 27.4. The Hall–Kier alpha value is -0.640. The monoisotopic (exact) mass is 270 g/mol. The van der Waals surface area contributed by atoms with Gasteiger partial charge in [0.05, 0.1) is 10.4 Å². The molecule has 1 aliphatic carbocycles. The molecule has 0 aromatic carbocycles. The second-order valence-corrected chi connectivity index (χ2v) is 6.19. The van der Waals surface area contributed by atoms with Crippen LogP contribution < -0.4 is 11.1 Å². The molecule has 1 aliphatic rings. The number of amides is 1. The molecule has 1 rings (SSSR count). The topological polar surface area (TPSA) is 55.1 Å². The summed E-state index contributed by atoms with van der Waals surface area (Å²) in [7, 11) is 0. The number of hydrogen-bond acceptors (Lipinski definition) is 2. The predicted molar refractivity (Wildman–Crippen MR) is 79.4 cm³/mol. The molecule has 0 aliphatic heterocycles. The highest BCUT2D eigenvalue weighted by Crippen LogP contribution is 2.46. The highest BCUT2D eigenvalue weighted by Gasteiger charge is 2.52. The van der Waals surface area contributed by atoms with Crippen LogP contribution in [0.5, 0.6) is 0 Å². The molecule has 0 heterocycles. The van der Waals surface area contributed by atoms with Gasteiger partial charge >= 0.3 is 0 Å². The van der Waals surface area contributed by atoms with E-state index in [2.05, 4.69) is 33.0 Å². The van der Waals surface area contributed by atoms with Gasteiger partial charge in [-0.05, 0) is 38.0 Å². The van der Waals surface area contributed by atoms with E-state index in [1.165, 1.54) is 0 Å². The Morgan fingerprint density at radius 1 is 1.33 bits per heavy atom. The molecule has 0 aromatic heterocycles. The molecule has 1 saturated carbocycles. The summed E-state index contributed by atoms with van der Waals surface area (Å²) in [6, 6.07) is 0. The average molecular weight is 270 g/mol. The van der Waals surface area contributed by atoms with Crippen molar-refractivity contribution in [2.75, 3.05) is 0 Å². The standard InChI is InChI=1S/C14H26N2OS/c1-5-13(6-2,7-3)16-12(17)14(11(15)18)8-10(4)9-14/h10H,5-9H2,1-4H3,(H2,15,18)(H,16,17). The summed E-state index contributed by atoms with van der Waals surface area (Å²) in [5, 5.41) is 3.22. The molecule has 0 aromatic rings. The highest BCUT2D eigenvalue weighted by atomic mass is 32.1. The number of nitrogens with one attached hydrogen (secondary N) is 1. The molecule has 0 radical (unpaired) electrons. The van der Waals surface area contributed by atoms with Crippen LogP contribution in [0.4, 0.5) is 0 Å². The lowest BCUT2D eigenvalue weighted by Crippen LogP contribution is -2.60. The first-order chi connectivity index (χ1) is 8.35. The maximum Gasteiger partial charge on any atom is 0.233 e. The Balaban J connectivity index is 2.83. The molecule has 1 amide bonds. The van der Waals surface area contributed by atoms with Gasteiger partial charge in [-0.1, -0.05) is 39.9 Å². The number of nitrogens with two attached hydrogens (primary N) is 1. The van der Waals surface area contributed by atoms with Gasteiger partial charge in [0.1, 0.15) is 0 Å². The van der Waals surface area contributed by atoms with E-state index in [-0.39, 0.29) is 11.4 Å². The van der Waals surface area contributed by atoms with Crippen LogP contribution in [0.1, 0.15) is 59.8 Å². The van der Waals surface area contributed by atoms with Gasteiger partial charge < -0.3 is 11.1 Å². The minimum Gasteiger partial charge on any atom is -0.392 e. The van der Waals surface area contributed by atoms with Crippen LogP contribution in [0, 0.1) is 11.3 Å².